The first-order valence-corrected chi connectivity index (χ1v) is 9.32. The zero-order valence-corrected chi connectivity index (χ0v) is 16.1. The fourth-order valence-corrected chi connectivity index (χ4v) is 2.98. The maximum Gasteiger partial charge on any atom is 0.348 e. The summed E-state index contributed by atoms with van der Waals surface area (Å²) in [6.07, 6.45) is 0. The number of carbonyl (C=O) groups excluding carboxylic acids is 2. The molecule has 0 amide bonds. The number of hydrogen-bond acceptors (Lipinski definition) is 5. The maximum atomic E-state index is 12.9. The second kappa shape index (κ2) is 9.17. The third-order valence-corrected chi connectivity index (χ3v) is 4.50. The molecule has 0 radical (unpaired) electrons. The van der Waals surface area contributed by atoms with Crippen molar-refractivity contribution in [3.63, 3.8) is 0 Å². The molecule has 1 N–H and O–H groups in total. The molecule has 3 aromatic carbocycles. The van der Waals surface area contributed by atoms with Crippen LogP contribution in [-0.2, 0) is 15.1 Å². The van der Waals surface area contributed by atoms with E-state index in [4.69, 9.17) is 9.47 Å². The highest BCUT2D eigenvalue weighted by molar-refractivity contribution is 5.98. The quantitative estimate of drug-likeness (QED) is 0.468. The van der Waals surface area contributed by atoms with Gasteiger partial charge in [-0.15, -0.1) is 0 Å². The molecule has 0 heterocycles. The number of ketones is 1. The summed E-state index contributed by atoms with van der Waals surface area (Å²) >= 11 is 0. The molecule has 0 spiro atoms. The molecule has 0 aromatic heterocycles. The molecule has 5 nitrogen and oxygen atoms in total. The van der Waals surface area contributed by atoms with Gasteiger partial charge in [0.1, 0.15) is 5.75 Å². The van der Waals surface area contributed by atoms with E-state index in [1.54, 1.807) is 84.9 Å². The molecule has 5 heteroatoms. The number of benzene rings is 3. The second-order valence-electron chi connectivity index (χ2n) is 6.40. The van der Waals surface area contributed by atoms with Crippen LogP contribution in [0.5, 0.6) is 5.75 Å². The van der Waals surface area contributed by atoms with E-state index in [0.29, 0.717) is 29.0 Å². The van der Waals surface area contributed by atoms with Crippen LogP contribution in [0.25, 0.3) is 0 Å². The Morgan fingerprint density at radius 1 is 0.828 bits per heavy atom. The van der Waals surface area contributed by atoms with Gasteiger partial charge in [-0.1, -0.05) is 60.7 Å². The number of esters is 1. The van der Waals surface area contributed by atoms with Crippen LogP contribution >= 0.6 is 0 Å². The summed E-state index contributed by atoms with van der Waals surface area (Å²) in [5.41, 5.74) is -0.889. The first-order valence-electron chi connectivity index (χ1n) is 9.32. The topological polar surface area (TPSA) is 72.8 Å². The predicted molar refractivity (Wildman–Crippen MR) is 109 cm³/mol. The second-order valence-corrected chi connectivity index (χ2v) is 6.40. The number of ether oxygens (including phenoxy) is 2. The number of carbonyl (C=O) groups is 2. The molecule has 3 aromatic rings. The smallest absolute Gasteiger partial charge is 0.348 e. The third kappa shape index (κ3) is 4.52. The van der Waals surface area contributed by atoms with Crippen molar-refractivity contribution in [3.05, 3.63) is 102 Å². The summed E-state index contributed by atoms with van der Waals surface area (Å²) in [5.74, 6) is -0.623. The molecule has 0 atom stereocenters. The van der Waals surface area contributed by atoms with E-state index in [1.165, 1.54) is 0 Å². The van der Waals surface area contributed by atoms with Crippen LogP contribution in [0.2, 0.25) is 0 Å². The largest absolute Gasteiger partial charge is 0.494 e. The Hall–Kier alpha value is -3.44. The highest BCUT2D eigenvalue weighted by atomic mass is 16.6. The van der Waals surface area contributed by atoms with Gasteiger partial charge in [0, 0.05) is 5.56 Å². The SMILES string of the molecule is CCOc1ccc(C(=O)COC(=O)C(O)(c2ccccc2)c2ccccc2)cc1. The average molecular weight is 390 g/mol. The molecule has 0 saturated heterocycles. The molecule has 148 valence electrons. The Balaban J connectivity index is 1.78. The fraction of sp³-hybridized carbons (Fsp3) is 0.167. The van der Waals surface area contributed by atoms with Gasteiger partial charge in [-0.05, 0) is 42.3 Å². The van der Waals surface area contributed by atoms with Crippen LogP contribution in [0.1, 0.15) is 28.4 Å². The van der Waals surface area contributed by atoms with Gasteiger partial charge in [0.25, 0.3) is 0 Å². The lowest BCUT2D eigenvalue weighted by molar-refractivity contribution is -0.160. The number of hydrogen-bond donors (Lipinski definition) is 1. The van der Waals surface area contributed by atoms with Gasteiger partial charge in [0.2, 0.25) is 5.60 Å². The van der Waals surface area contributed by atoms with E-state index < -0.39 is 18.2 Å². The Morgan fingerprint density at radius 3 is 1.83 bits per heavy atom. The fourth-order valence-electron chi connectivity index (χ4n) is 2.98. The van der Waals surface area contributed by atoms with E-state index in [2.05, 4.69) is 0 Å². The van der Waals surface area contributed by atoms with Crippen LogP contribution in [0, 0.1) is 0 Å². The van der Waals surface area contributed by atoms with Crippen LogP contribution in [0.15, 0.2) is 84.9 Å². The Morgan fingerprint density at radius 2 is 1.34 bits per heavy atom. The first-order chi connectivity index (χ1) is 14.1. The van der Waals surface area contributed by atoms with Crippen molar-refractivity contribution in [2.45, 2.75) is 12.5 Å². The van der Waals surface area contributed by atoms with Gasteiger partial charge in [-0.2, -0.15) is 0 Å². The lowest BCUT2D eigenvalue weighted by atomic mass is 9.86. The number of rotatable bonds is 8. The van der Waals surface area contributed by atoms with Gasteiger partial charge >= 0.3 is 5.97 Å². The van der Waals surface area contributed by atoms with E-state index in [-0.39, 0.29) is 5.78 Å². The van der Waals surface area contributed by atoms with Crippen molar-refractivity contribution < 1.29 is 24.2 Å². The maximum absolute atomic E-state index is 12.9. The van der Waals surface area contributed by atoms with Gasteiger partial charge in [0.15, 0.2) is 12.4 Å². The van der Waals surface area contributed by atoms with Gasteiger partial charge in [-0.25, -0.2) is 4.79 Å². The standard InChI is InChI=1S/C24H22O5/c1-2-28-21-15-13-18(14-16-21)22(25)17-29-23(26)24(27,19-9-5-3-6-10-19)20-11-7-4-8-12-20/h3-16,27H,2,17H2,1H3. The average Bonchev–Trinajstić information content (AvgIpc) is 2.78. The molecule has 0 aliphatic rings. The van der Waals surface area contributed by atoms with Crippen molar-refractivity contribution >= 4 is 11.8 Å². The monoisotopic (exact) mass is 390 g/mol. The number of aliphatic hydroxyl groups is 1. The Kier molecular flexibility index (Phi) is 6.42. The molecule has 29 heavy (non-hydrogen) atoms. The molecule has 3 rings (SSSR count). The van der Waals surface area contributed by atoms with Gasteiger partial charge in [0.05, 0.1) is 6.61 Å². The van der Waals surface area contributed by atoms with Crippen molar-refractivity contribution in [2.24, 2.45) is 0 Å². The molecule has 0 aliphatic carbocycles. The first kappa shape index (κ1) is 20.3. The number of Topliss-reactive ketones (excluding diaryl/α,β-unsaturated/α-hetero) is 1. The predicted octanol–water partition coefficient (Wildman–Crippen LogP) is 3.75. The normalized spacial score (nSPS) is 11.0. The summed E-state index contributed by atoms with van der Waals surface area (Å²) in [6.45, 7) is 1.93. The van der Waals surface area contributed by atoms with E-state index in [1.807, 2.05) is 6.92 Å². The minimum Gasteiger partial charge on any atom is -0.494 e. The molecular formula is C24H22O5. The summed E-state index contributed by atoms with van der Waals surface area (Å²) in [6, 6.07) is 23.6. The van der Waals surface area contributed by atoms with Crippen LogP contribution in [0.4, 0.5) is 0 Å². The summed E-state index contributed by atoms with van der Waals surface area (Å²) in [7, 11) is 0. The molecule has 0 aliphatic heterocycles. The van der Waals surface area contributed by atoms with Crippen molar-refractivity contribution in [1.82, 2.24) is 0 Å². The third-order valence-electron chi connectivity index (χ3n) is 4.50. The molecular weight excluding hydrogens is 368 g/mol. The molecule has 0 saturated carbocycles. The molecule has 0 unspecified atom stereocenters. The summed E-state index contributed by atoms with van der Waals surface area (Å²) < 4.78 is 10.6. The van der Waals surface area contributed by atoms with Crippen molar-refractivity contribution in [3.8, 4) is 5.75 Å². The Labute approximate surface area is 169 Å². The van der Waals surface area contributed by atoms with Crippen molar-refractivity contribution in [1.29, 1.82) is 0 Å². The van der Waals surface area contributed by atoms with Gasteiger partial charge < -0.3 is 14.6 Å². The minimum atomic E-state index is -2.01. The lowest BCUT2D eigenvalue weighted by Gasteiger charge is -2.26. The summed E-state index contributed by atoms with van der Waals surface area (Å²) in [5, 5.41) is 11.3. The van der Waals surface area contributed by atoms with E-state index >= 15 is 0 Å². The van der Waals surface area contributed by atoms with E-state index in [0.717, 1.165) is 0 Å². The van der Waals surface area contributed by atoms with Gasteiger partial charge in [-0.3, -0.25) is 4.79 Å². The summed E-state index contributed by atoms with van der Waals surface area (Å²) in [4.78, 5) is 25.3. The zero-order valence-electron chi connectivity index (χ0n) is 16.1. The highest BCUT2D eigenvalue weighted by Gasteiger charge is 2.41. The van der Waals surface area contributed by atoms with Crippen LogP contribution < -0.4 is 4.74 Å². The minimum absolute atomic E-state index is 0.365. The van der Waals surface area contributed by atoms with E-state index in [9.17, 15) is 14.7 Å². The van der Waals surface area contributed by atoms with Crippen LogP contribution in [-0.4, -0.2) is 30.1 Å². The van der Waals surface area contributed by atoms with Crippen LogP contribution in [0.3, 0.4) is 0 Å². The van der Waals surface area contributed by atoms with Crippen molar-refractivity contribution in [2.75, 3.05) is 13.2 Å². The lowest BCUT2D eigenvalue weighted by Crippen LogP contribution is -2.39. The molecule has 0 bridgehead atoms. The zero-order chi connectivity index (χ0) is 20.7. The Bertz CT molecular complexity index is 910. The molecule has 0 fully saturated rings. The highest BCUT2D eigenvalue weighted by Crippen LogP contribution is 2.31.